The molecule has 0 radical (unpaired) electrons. The largest absolute Gasteiger partial charge is 0.497 e. The minimum Gasteiger partial charge on any atom is -0.497 e. The van der Waals surface area contributed by atoms with Gasteiger partial charge < -0.3 is 4.74 Å². The average molecular weight is 389 g/mol. The zero-order valence-corrected chi connectivity index (χ0v) is 15.3. The van der Waals surface area contributed by atoms with Crippen molar-refractivity contribution in [3.05, 3.63) is 90.0 Å². The maximum atomic E-state index is 14.2. The highest BCUT2D eigenvalue weighted by molar-refractivity contribution is 7.92. The van der Waals surface area contributed by atoms with Gasteiger partial charge in [0, 0.05) is 17.7 Å². The van der Waals surface area contributed by atoms with E-state index in [2.05, 4.69) is 0 Å². The Kier molecular flexibility index (Phi) is 5.41. The summed E-state index contributed by atoms with van der Waals surface area (Å²) < 4.78 is 60.1. The minimum absolute atomic E-state index is 0.00761. The molecule has 0 fully saturated rings. The summed E-state index contributed by atoms with van der Waals surface area (Å²) in [6.07, 6.45) is 0. The smallest absolute Gasteiger partial charge is 0.264 e. The molecular weight excluding hydrogens is 372 g/mol. The number of nitrogens with zero attached hydrogens (tertiary/aromatic N) is 1. The first-order chi connectivity index (χ1) is 12.9. The first-order valence-electron chi connectivity index (χ1n) is 8.07. The fourth-order valence-corrected chi connectivity index (χ4v) is 4.08. The van der Waals surface area contributed by atoms with E-state index in [0.717, 1.165) is 16.4 Å². The Hall–Kier alpha value is -2.93. The number of methoxy groups -OCH3 is 1. The van der Waals surface area contributed by atoms with Crippen LogP contribution in [0.1, 0.15) is 5.56 Å². The maximum absolute atomic E-state index is 14.2. The molecule has 0 unspecified atom stereocenters. The van der Waals surface area contributed by atoms with Crippen molar-refractivity contribution in [1.29, 1.82) is 0 Å². The third kappa shape index (κ3) is 4.09. The van der Waals surface area contributed by atoms with Crippen LogP contribution in [0.15, 0.2) is 77.7 Å². The zero-order chi connectivity index (χ0) is 19.4. The zero-order valence-electron chi connectivity index (χ0n) is 14.5. The van der Waals surface area contributed by atoms with E-state index in [0.29, 0.717) is 11.4 Å². The van der Waals surface area contributed by atoms with Crippen molar-refractivity contribution in [2.45, 2.75) is 11.4 Å². The third-order valence-corrected chi connectivity index (χ3v) is 5.77. The van der Waals surface area contributed by atoms with Crippen molar-refractivity contribution in [2.24, 2.45) is 0 Å². The first kappa shape index (κ1) is 18.8. The van der Waals surface area contributed by atoms with Gasteiger partial charge in [0.15, 0.2) is 0 Å². The van der Waals surface area contributed by atoms with E-state index in [1.165, 1.54) is 25.3 Å². The van der Waals surface area contributed by atoms with Gasteiger partial charge in [-0.05, 0) is 30.3 Å². The molecule has 0 aromatic heterocycles. The standard InChI is InChI=1S/C20H17F2NO3S/c1-26-18-8-5-9-19(13-18)27(24,25)23(17-6-3-2-4-7-17)14-15-10-11-16(21)12-20(15)22/h2-13H,14H2,1H3. The normalized spacial score (nSPS) is 11.2. The first-order valence-corrected chi connectivity index (χ1v) is 9.51. The second-order valence-corrected chi connectivity index (χ2v) is 7.62. The van der Waals surface area contributed by atoms with Crippen LogP contribution in [0, 0.1) is 11.6 Å². The average Bonchev–Trinajstić information content (AvgIpc) is 2.68. The molecule has 27 heavy (non-hydrogen) atoms. The quantitative estimate of drug-likeness (QED) is 0.629. The van der Waals surface area contributed by atoms with Crippen LogP contribution < -0.4 is 9.04 Å². The van der Waals surface area contributed by atoms with E-state index in [9.17, 15) is 17.2 Å². The topological polar surface area (TPSA) is 46.6 Å². The van der Waals surface area contributed by atoms with Crippen LogP contribution in [-0.4, -0.2) is 15.5 Å². The van der Waals surface area contributed by atoms with Crippen LogP contribution in [0.4, 0.5) is 14.5 Å². The van der Waals surface area contributed by atoms with Gasteiger partial charge in [0.05, 0.1) is 24.2 Å². The summed E-state index contributed by atoms with van der Waals surface area (Å²) in [4.78, 5) is 0.00761. The molecule has 0 saturated carbocycles. The van der Waals surface area contributed by atoms with Gasteiger partial charge in [-0.25, -0.2) is 17.2 Å². The van der Waals surface area contributed by atoms with Crippen molar-refractivity contribution >= 4 is 15.7 Å². The predicted molar refractivity (Wildman–Crippen MR) is 99.2 cm³/mol. The van der Waals surface area contributed by atoms with Crippen LogP contribution in [0.2, 0.25) is 0 Å². The van der Waals surface area contributed by atoms with E-state index < -0.39 is 21.7 Å². The van der Waals surface area contributed by atoms with E-state index in [4.69, 9.17) is 4.74 Å². The molecule has 0 spiro atoms. The van der Waals surface area contributed by atoms with Crippen LogP contribution in [-0.2, 0) is 16.6 Å². The molecule has 3 aromatic carbocycles. The summed E-state index contributed by atoms with van der Waals surface area (Å²) in [6.45, 7) is -0.282. The van der Waals surface area contributed by atoms with Crippen molar-refractivity contribution in [2.75, 3.05) is 11.4 Å². The summed E-state index contributed by atoms with van der Waals surface area (Å²) in [6, 6.07) is 17.4. The van der Waals surface area contributed by atoms with Crippen LogP contribution >= 0.6 is 0 Å². The van der Waals surface area contributed by atoms with Crippen LogP contribution in [0.3, 0.4) is 0 Å². The number of sulfonamides is 1. The number of benzene rings is 3. The van der Waals surface area contributed by atoms with E-state index in [-0.39, 0.29) is 17.0 Å². The number of para-hydroxylation sites is 1. The lowest BCUT2D eigenvalue weighted by molar-refractivity contribution is 0.413. The summed E-state index contributed by atoms with van der Waals surface area (Å²) in [5, 5.41) is 0. The number of ether oxygens (including phenoxy) is 1. The SMILES string of the molecule is COc1cccc(S(=O)(=O)N(Cc2ccc(F)cc2F)c2ccccc2)c1. The van der Waals surface area contributed by atoms with E-state index in [1.807, 2.05) is 0 Å². The van der Waals surface area contributed by atoms with E-state index in [1.54, 1.807) is 42.5 Å². The second-order valence-electron chi connectivity index (χ2n) is 5.76. The third-order valence-electron chi connectivity index (χ3n) is 4.00. The van der Waals surface area contributed by atoms with Crippen molar-refractivity contribution in [3.8, 4) is 5.75 Å². The molecule has 4 nitrogen and oxygen atoms in total. The van der Waals surface area contributed by atoms with Crippen LogP contribution in [0.5, 0.6) is 5.75 Å². The minimum atomic E-state index is -4.02. The molecule has 140 valence electrons. The van der Waals surface area contributed by atoms with Gasteiger partial charge in [0.1, 0.15) is 17.4 Å². The van der Waals surface area contributed by atoms with Gasteiger partial charge in [-0.2, -0.15) is 0 Å². The van der Waals surface area contributed by atoms with Gasteiger partial charge in [0.25, 0.3) is 10.0 Å². The Morgan fingerprint density at radius 2 is 1.67 bits per heavy atom. The molecule has 0 aliphatic heterocycles. The van der Waals surface area contributed by atoms with E-state index >= 15 is 0 Å². The highest BCUT2D eigenvalue weighted by Gasteiger charge is 2.26. The predicted octanol–water partition coefficient (Wildman–Crippen LogP) is 4.37. The molecule has 0 aliphatic carbocycles. The van der Waals surface area contributed by atoms with Crippen molar-refractivity contribution in [3.63, 3.8) is 0 Å². The molecule has 0 atom stereocenters. The molecule has 0 saturated heterocycles. The fourth-order valence-electron chi connectivity index (χ4n) is 2.60. The van der Waals surface area contributed by atoms with Crippen molar-refractivity contribution < 1.29 is 21.9 Å². The highest BCUT2D eigenvalue weighted by atomic mass is 32.2. The Morgan fingerprint density at radius 3 is 2.33 bits per heavy atom. The van der Waals surface area contributed by atoms with Gasteiger partial charge in [-0.1, -0.05) is 30.3 Å². The number of rotatable bonds is 6. The molecule has 7 heteroatoms. The molecule has 3 aromatic rings. The monoisotopic (exact) mass is 389 g/mol. The fraction of sp³-hybridized carbons (Fsp3) is 0.100. The van der Waals surface area contributed by atoms with Gasteiger partial charge in [-0.3, -0.25) is 4.31 Å². The number of halogens is 2. The van der Waals surface area contributed by atoms with Gasteiger partial charge >= 0.3 is 0 Å². The summed E-state index contributed by atoms with van der Waals surface area (Å²) in [5.41, 5.74) is 0.427. The van der Waals surface area contributed by atoms with Gasteiger partial charge in [0.2, 0.25) is 0 Å². The number of anilines is 1. The number of hydrogen-bond donors (Lipinski definition) is 0. The molecule has 0 amide bonds. The Labute approximate surface area is 156 Å². The molecule has 3 rings (SSSR count). The molecular formula is C20H17F2NO3S. The van der Waals surface area contributed by atoms with Crippen molar-refractivity contribution in [1.82, 2.24) is 0 Å². The lowest BCUT2D eigenvalue weighted by atomic mass is 10.2. The molecule has 0 N–H and O–H groups in total. The summed E-state index contributed by atoms with van der Waals surface area (Å²) in [7, 11) is -2.58. The second kappa shape index (κ2) is 7.75. The molecule has 0 heterocycles. The summed E-state index contributed by atoms with van der Waals surface area (Å²) in [5.74, 6) is -1.15. The molecule has 0 aliphatic rings. The number of hydrogen-bond acceptors (Lipinski definition) is 3. The highest BCUT2D eigenvalue weighted by Crippen LogP contribution is 2.28. The molecule has 0 bridgehead atoms. The van der Waals surface area contributed by atoms with Gasteiger partial charge in [-0.15, -0.1) is 0 Å². The summed E-state index contributed by atoms with van der Waals surface area (Å²) >= 11 is 0. The Balaban J connectivity index is 2.09. The Bertz CT molecular complexity index is 1040. The lowest BCUT2D eigenvalue weighted by Crippen LogP contribution is -2.31. The Morgan fingerprint density at radius 1 is 0.926 bits per heavy atom. The maximum Gasteiger partial charge on any atom is 0.264 e. The van der Waals surface area contributed by atoms with Crippen LogP contribution in [0.25, 0.3) is 0 Å². The lowest BCUT2D eigenvalue weighted by Gasteiger charge is -2.25.